The number of amides is 2. The number of benzene rings is 2. The Morgan fingerprint density at radius 3 is 2.54 bits per heavy atom. The SMILES string of the molecule is COc1ccccc1C(=O)NCCC(=O)Nc1ccc(Cl)c(Cl)c1. The van der Waals surface area contributed by atoms with E-state index in [-0.39, 0.29) is 24.8 Å². The summed E-state index contributed by atoms with van der Waals surface area (Å²) in [6.45, 7) is 0.198. The van der Waals surface area contributed by atoms with E-state index in [2.05, 4.69) is 10.6 Å². The Labute approximate surface area is 149 Å². The number of hydrogen-bond acceptors (Lipinski definition) is 3. The first-order chi connectivity index (χ1) is 11.5. The lowest BCUT2D eigenvalue weighted by Crippen LogP contribution is -2.28. The van der Waals surface area contributed by atoms with Gasteiger partial charge in [-0.05, 0) is 30.3 Å². The van der Waals surface area contributed by atoms with E-state index in [1.54, 1.807) is 42.5 Å². The molecule has 0 aliphatic rings. The van der Waals surface area contributed by atoms with Gasteiger partial charge < -0.3 is 15.4 Å². The largest absolute Gasteiger partial charge is 0.496 e. The zero-order chi connectivity index (χ0) is 17.5. The molecular formula is C17H16Cl2N2O3. The monoisotopic (exact) mass is 366 g/mol. The van der Waals surface area contributed by atoms with E-state index in [0.717, 1.165) is 0 Å². The standard InChI is InChI=1S/C17H16Cl2N2O3/c1-24-15-5-3-2-4-12(15)17(23)20-9-8-16(22)21-11-6-7-13(18)14(19)10-11/h2-7,10H,8-9H2,1H3,(H,20,23)(H,21,22). The fourth-order valence-electron chi connectivity index (χ4n) is 2.01. The molecule has 2 N–H and O–H groups in total. The summed E-state index contributed by atoms with van der Waals surface area (Å²) in [6, 6.07) is 11.7. The molecule has 126 valence electrons. The van der Waals surface area contributed by atoms with E-state index >= 15 is 0 Å². The fraction of sp³-hybridized carbons (Fsp3) is 0.176. The van der Waals surface area contributed by atoms with Gasteiger partial charge in [-0.25, -0.2) is 0 Å². The van der Waals surface area contributed by atoms with Crippen LogP contribution in [0.25, 0.3) is 0 Å². The molecule has 2 aromatic carbocycles. The third kappa shape index (κ3) is 4.88. The van der Waals surface area contributed by atoms with Crippen LogP contribution in [0.15, 0.2) is 42.5 Å². The Morgan fingerprint density at radius 1 is 1.08 bits per heavy atom. The Morgan fingerprint density at radius 2 is 1.83 bits per heavy atom. The molecule has 7 heteroatoms. The molecule has 0 spiro atoms. The van der Waals surface area contributed by atoms with Crippen molar-refractivity contribution in [2.24, 2.45) is 0 Å². The Hall–Kier alpha value is -2.24. The third-order valence-electron chi connectivity index (χ3n) is 3.19. The van der Waals surface area contributed by atoms with Crippen molar-refractivity contribution in [3.8, 4) is 5.75 Å². The van der Waals surface area contributed by atoms with Crippen molar-refractivity contribution in [2.75, 3.05) is 19.0 Å². The zero-order valence-corrected chi connectivity index (χ0v) is 14.4. The van der Waals surface area contributed by atoms with Gasteiger partial charge >= 0.3 is 0 Å². The Bertz CT molecular complexity index is 750. The second-order valence-corrected chi connectivity index (χ2v) is 5.70. The molecular weight excluding hydrogens is 351 g/mol. The van der Waals surface area contributed by atoms with Crippen molar-refractivity contribution in [1.82, 2.24) is 5.32 Å². The lowest BCUT2D eigenvalue weighted by molar-refractivity contribution is -0.116. The molecule has 0 bridgehead atoms. The summed E-state index contributed by atoms with van der Waals surface area (Å²) in [5.41, 5.74) is 0.968. The molecule has 0 unspecified atom stereocenters. The smallest absolute Gasteiger partial charge is 0.255 e. The maximum atomic E-state index is 12.1. The van der Waals surface area contributed by atoms with Gasteiger partial charge in [-0.3, -0.25) is 9.59 Å². The first-order valence-corrected chi connectivity index (χ1v) is 7.93. The van der Waals surface area contributed by atoms with Crippen LogP contribution in [0.4, 0.5) is 5.69 Å². The van der Waals surface area contributed by atoms with E-state index in [1.165, 1.54) is 7.11 Å². The van der Waals surface area contributed by atoms with Crippen molar-refractivity contribution in [1.29, 1.82) is 0 Å². The van der Waals surface area contributed by atoms with Gasteiger partial charge in [0.05, 0.1) is 22.7 Å². The summed E-state index contributed by atoms with van der Waals surface area (Å²) < 4.78 is 5.13. The number of halogens is 2. The Balaban J connectivity index is 1.84. The number of carbonyl (C=O) groups excluding carboxylic acids is 2. The van der Waals surface area contributed by atoms with Crippen molar-refractivity contribution < 1.29 is 14.3 Å². The van der Waals surface area contributed by atoms with E-state index in [4.69, 9.17) is 27.9 Å². The quantitative estimate of drug-likeness (QED) is 0.817. The minimum absolute atomic E-state index is 0.126. The average Bonchev–Trinajstić information content (AvgIpc) is 2.58. The van der Waals surface area contributed by atoms with Gasteiger partial charge in [0.15, 0.2) is 0 Å². The molecule has 0 saturated heterocycles. The number of carbonyl (C=O) groups is 2. The number of anilines is 1. The van der Waals surface area contributed by atoms with Gasteiger partial charge in [-0.2, -0.15) is 0 Å². The molecule has 2 aromatic rings. The summed E-state index contributed by atoms with van der Waals surface area (Å²) in [5, 5.41) is 6.15. The highest BCUT2D eigenvalue weighted by molar-refractivity contribution is 6.42. The average molecular weight is 367 g/mol. The topological polar surface area (TPSA) is 67.4 Å². The number of methoxy groups -OCH3 is 1. The van der Waals surface area contributed by atoms with Crippen LogP contribution in [0, 0.1) is 0 Å². The van der Waals surface area contributed by atoms with Crippen LogP contribution < -0.4 is 15.4 Å². The third-order valence-corrected chi connectivity index (χ3v) is 3.93. The van der Waals surface area contributed by atoms with Gasteiger partial charge in [0.25, 0.3) is 5.91 Å². The van der Waals surface area contributed by atoms with Crippen LogP contribution in [0.3, 0.4) is 0 Å². The summed E-state index contributed by atoms with van der Waals surface area (Å²) in [6.07, 6.45) is 0.126. The van der Waals surface area contributed by atoms with Crippen molar-refractivity contribution in [2.45, 2.75) is 6.42 Å². The molecule has 0 aromatic heterocycles. The number of rotatable bonds is 6. The van der Waals surface area contributed by atoms with E-state index in [1.807, 2.05) is 0 Å². The lowest BCUT2D eigenvalue weighted by atomic mass is 10.2. The number of ether oxygens (including phenoxy) is 1. The van der Waals surface area contributed by atoms with Crippen LogP contribution in [0.2, 0.25) is 10.0 Å². The maximum absolute atomic E-state index is 12.1. The minimum Gasteiger partial charge on any atom is -0.496 e. The van der Waals surface area contributed by atoms with Crippen molar-refractivity contribution in [3.05, 3.63) is 58.1 Å². The second-order valence-electron chi connectivity index (χ2n) is 4.88. The molecule has 0 fully saturated rings. The number of para-hydroxylation sites is 1. The van der Waals surface area contributed by atoms with Crippen LogP contribution in [0.1, 0.15) is 16.8 Å². The summed E-state index contributed by atoms with van der Waals surface area (Å²) in [4.78, 5) is 24.0. The van der Waals surface area contributed by atoms with Gasteiger partial charge in [0, 0.05) is 18.7 Å². The summed E-state index contributed by atoms with van der Waals surface area (Å²) in [7, 11) is 1.50. The lowest BCUT2D eigenvalue weighted by Gasteiger charge is -2.09. The summed E-state index contributed by atoms with van der Waals surface area (Å²) >= 11 is 11.7. The highest BCUT2D eigenvalue weighted by atomic mass is 35.5. The predicted molar refractivity (Wildman–Crippen MR) is 95.0 cm³/mol. The molecule has 0 aliphatic heterocycles. The van der Waals surface area contributed by atoms with Crippen LogP contribution in [0.5, 0.6) is 5.75 Å². The molecule has 0 radical (unpaired) electrons. The normalized spacial score (nSPS) is 10.1. The van der Waals surface area contributed by atoms with E-state index in [0.29, 0.717) is 27.0 Å². The molecule has 5 nitrogen and oxygen atoms in total. The van der Waals surface area contributed by atoms with Gasteiger partial charge in [0.2, 0.25) is 5.91 Å². The molecule has 0 heterocycles. The maximum Gasteiger partial charge on any atom is 0.255 e. The zero-order valence-electron chi connectivity index (χ0n) is 12.9. The molecule has 2 rings (SSSR count). The summed E-state index contributed by atoms with van der Waals surface area (Å²) in [5.74, 6) is -0.0567. The van der Waals surface area contributed by atoms with Gasteiger partial charge in [-0.1, -0.05) is 35.3 Å². The van der Waals surface area contributed by atoms with Crippen molar-refractivity contribution in [3.63, 3.8) is 0 Å². The number of nitrogens with one attached hydrogen (secondary N) is 2. The molecule has 0 atom stereocenters. The highest BCUT2D eigenvalue weighted by Crippen LogP contribution is 2.25. The highest BCUT2D eigenvalue weighted by Gasteiger charge is 2.11. The van der Waals surface area contributed by atoms with Crippen LogP contribution in [-0.2, 0) is 4.79 Å². The fourth-order valence-corrected chi connectivity index (χ4v) is 2.31. The molecule has 24 heavy (non-hydrogen) atoms. The molecule has 0 aliphatic carbocycles. The van der Waals surface area contributed by atoms with Crippen LogP contribution >= 0.6 is 23.2 Å². The number of hydrogen-bond donors (Lipinski definition) is 2. The van der Waals surface area contributed by atoms with Gasteiger partial charge in [-0.15, -0.1) is 0 Å². The Kier molecular flexibility index (Phi) is 6.46. The van der Waals surface area contributed by atoms with E-state index in [9.17, 15) is 9.59 Å². The molecule has 2 amide bonds. The van der Waals surface area contributed by atoms with Crippen molar-refractivity contribution >= 4 is 40.7 Å². The van der Waals surface area contributed by atoms with E-state index < -0.39 is 0 Å². The molecule has 0 saturated carbocycles. The first kappa shape index (κ1) is 18.1. The van der Waals surface area contributed by atoms with Crippen LogP contribution in [-0.4, -0.2) is 25.5 Å². The van der Waals surface area contributed by atoms with Gasteiger partial charge in [0.1, 0.15) is 5.75 Å². The minimum atomic E-state index is -0.296. The second kappa shape index (κ2) is 8.57. The first-order valence-electron chi connectivity index (χ1n) is 7.17. The predicted octanol–water partition coefficient (Wildman–Crippen LogP) is 3.76.